The van der Waals surface area contributed by atoms with Gasteiger partial charge in [-0.05, 0) is 29.9 Å². The van der Waals surface area contributed by atoms with E-state index in [0.717, 1.165) is 18.4 Å². The van der Waals surface area contributed by atoms with Crippen LogP contribution in [0.4, 0.5) is 4.79 Å². The number of amides is 3. The molecule has 1 unspecified atom stereocenters. The van der Waals surface area contributed by atoms with Crippen molar-refractivity contribution in [3.63, 3.8) is 0 Å². The van der Waals surface area contributed by atoms with Gasteiger partial charge in [0.05, 0.1) is 12.6 Å². The molecule has 3 amide bonds. The Labute approximate surface area is 136 Å². The lowest BCUT2D eigenvalue weighted by Crippen LogP contribution is -2.44. The molecule has 1 saturated heterocycles. The number of imide groups is 1. The van der Waals surface area contributed by atoms with Gasteiger partial charge in [0.15, 0.2) is 0 Å². The summed E-state index contributed by atoms with van der Waals surface area (Å²) in [6.07, 6.45) is 2.46. The number of urea groups is 1. The lowest BCUT2D eigenvalue weighted by Gasteiger charge is -2.21. The van der Waals surface area contributed by atoms with E-state index >= 15 is 0 Å². The first-order chi connectivity index (χ1) is 10.9. The zero-order valence-corrected chi connectivity index (χ0v) is 13.7. The molecule has 1 heterocycles. The average molecular weight is 316 g/mol. The van der Waals surface area contributed by atoms with Crippen LogP contribution in [0.3, 0.4) is 0 Å². The number of nitrogens with one attached hydrogen (secondary N) is 1. The lowest BCUT2D eigenvalue weighted by molar-refractivity contribution is -0.132. The van der Waals surface area contributed by atoms with E-state index in [9.17, 15) is 14.7 Å². The second-order valence-corrected chi connectivity index (χ2v) is 6.97. The molecule has 124 valence electrons. The number of β-amino-alcohol motifs (C(OH)–C–C–N with tert-alkyl or cyclic N) is 1. The molecule has 2 N–H and O–H groups in total. The fourth-order valence-electron chi connectivity index (χ4n) is 3.54. The molecule has 1 atom stereocenters. The summed E-state index contributed by atoms with van der Waals surface area (Å²) >= 11 is 0. The highest BCUT2D eigenvalue weighted by Gasteiger charge is 2.52. The molecular formula is C18H24N2O3. The molecule has 5 nitrogen and oxygen atoms in total. The molecule has 23 heavy (non-hydrogen) atoms. The number of nitrogens with zero attached hydrogens (tertiary/aromatic N) is 1. The highest BCUT2D eigenvalue weighted by molar-refractivity contribution is 6.07. The van der Waals surface area contributed by atoms with Gasteiger partial charge in [0.2, 0.25) is 0 Å². The third-order valence-electron chi connectivity index (χ3n) is 5.05. The number of hydrogen-bond acceptors (Lipinski definition) is 3. The van der Waals surface area contributed by atoms with E-state index in [4.69, 9.17) is 0 Å². The summed E-state index contributed by atoms with van der Waals surface area (Å²) in [5, 5.41) is 13.2. The Balaban J connectivity index is 1.71. The van der Waals surface area contributed by atoms with E-state index in [1.165, 1.54) is 10.5 Å². The maximum Gasteiger partial charge on any atom is 0.325 e. The van der Waals surface area contributed by atoms with Crippen molar-refractivity contribution in [2.24, 2.45) is 0 Å². The molecule has 0 aromatic heterocycles. The van der Waals surface area contributed by atoms with Crippen LogP contribution >= 0.6 is 0 Å². The Morgan fingerprint density at radius 2 is 1.70 bits per heavy atom. The zero-order valence-electron chi connectivity index (χ0n) is 13.7. The molecule has 1 saturated carbocycles. The summed E-state index contributed by atoms with van der Waals surface area (Å²) in [5.41, 5.74) is 1.21. The molecule has 1 aromatic carbocycles. The maximum absolute atomic E-state index is 12.6. The monoisotopic (exact) mass is 316 g/mol. The number of carbonyl (C=O) groups is 2. The highest BCUT2D eigenvalue weighted by atomic mass is 16.3. The average Bonchev–Trinajstić information content (AvgIpc) is 3.08. The summed E-state index contributed by atoms with van der Waals surface area (Å²) in [7, 11) is 0. The molecule has 2 aliphatic rings. The third kappa shape index (κ3) is 2.85. The Kier molecular flexibility index (Phi) is 4.15. The normalized spacial score (nSPS) is 21.3. The van der Waals surface area contributed by atoms with Crippen molar-refractivity contribution in [1.29, 1.82) is 0 Å². The van der Waals surface area contributed by atoms with Gasteiger partial charge in [-0.1, -0.05) is 51.0 Å². The molecule has 5 heteroatoms. The van der Waals surface area contributed by atoms with E-state index in [1.807, 2.05) is 24.3 Å². The SMILES string of the molecule is CC(C)c1ccc(C(O)CN2C(=O)NC3(CCCC3)C2=O)cc1. The highest BCUT2D eigenvalue weighted by Crippen LogP contribution is 2.35. The molecule has 0 radical (unpaired) electrons. The molecule has 2 fully saturated rings. The van der Waals surface area contributed by atoms with Crippen LogP contribution in [0.2, 0.25) is 0 Å². The van der Waals surface area contributed by atoms with Gasteiger partial charge in [0.25, 0.3) is 5.91 Å². The minimum atomic E-state index is -0.859. The van der Waals surface area contributed by atoms with E-state index in [2.05, 4.69) is 19.2 Å². The van der Waals surface area contributed by atoms with E-state index < -0.39 is 11.6 Å². The number of rotatable bonds is 4. The van der Waals surface area contributed by atoms with Crippen molar-refractivity contribution in [1.82, 2.24) is 10.2 Å². The number of aliphatic hydroxyl groups is 1. The Hall–Kier alpha value is -1.88. The standard InChI is InChI=1S/C18H24N2O3/c1-12(2)13-5-7-14(8-6-13)15(21)11-20-16(22)18(19-17(20)23)9-3-4-10-18/h5-8,12,15,21H,3-4,9-11H2,1-2H3,(H,19,23). The van der Waals surface area contributed by atoms with Crippen molar-refractivity contribution < 1.29 is 14.7 Å². The Bertz CT molecular complexity index is 603. The zero-order chi connectivity index (χ0) is 16.6. The summed E-state index contributed by atoms with van der Waals surface area (Å²) in [5.74, 6) is 0.243. The van der Waals surface area contributed by atoms with Crippen molar-refractivity contribution >= 4 is 11.9 Å². The minimum Gasteiger partial charge on any atom is -0.387 e. The summed E-state index contributed by atoms with van der Waals surface area (Å²) < 4.78 is 0. The van der Waals surface area contributed by atoms with Crippen LogP contribution in [0.1, 0.15) is 62.7 Å². The number of aliphatic hydroxyl groups excluding tert-OH is 1. The summed E-state index contributed by atoms with van der Waals surface area (Å²) in [6.45, 7) is 4.23. The smallest absolute Gasteiger partial charge is 0.325 e. The van der Waals surface area contributed by atoms with Gasteiger partial charge < -0.3 is 10.4 Å². The van der Waals surface area contributed by atoms with Crippen LogP contribution < -0.4 is 5.32 Å². The van der Waals surface area contributed by atoms with Gasteiger partial charge in [-0.15, -0.1) is 0 Å². The van der Waals surface area contributed by atoms with Gasteiger partial charge in [-0.25, -0.2) is 4.79 Å². The van der Waals surface area contributed by atoms with Crippen molar-refractivity contribution in [2.45, 2.75) is 57.1 Å². The summed E-state index contributed by atoms with van der Waals surface area (Å²) in [6, 6.07) is 7.31. The first-order valence-electron chi connectivity index (χ1n) is 8.35. The van der Waals surface area contributed by atoms with Crippen LogP contribution in [0.15, 0.2) is 24.3 Å². The van der Waals surface area contributed by atoms with Gasteiger partial charge in [0.1, 0.15) is 5.54 Å². The molecule has 1 aliphatic carbocycles. The molecule has 1 aliphatic heterocycles. The second-order valence-electron chi connectivity index (χ2n) is 6.97. The quantitative estimate of drug-likeness (QED) is 0.839. The van der Waals surface area contributed by atoms with E-state index in [-0.39, 0.29) is 18.5 Å². The van der Waals surface area contributed by atoms with Crippen molar-refractivity contribution in [3.8, 4) is 0 Å². The first-order valence-corrected chi connectivity index (χ1v) is 8.35. The largest absolute Gasteiger partial charge is 0.387 e. The maximum atomic E-state index is 12.6. The predicted molar refractivity (Wildman–Crippen MR) is 86.9 cm³/mol. The van der Waals surface area contributed by atoms with Crippen LogP contribution in [-0.4, -0.2) is 34.0 Å². The van der Waals surface area contributed by atoms with Gasteiger partial charge in [0, 0.05) is 0 Å². The van der Waals surface area contributed by atoms with Crippen LogP contribution in [0, 0.1) is 0 Å². The first kappa shape index (κ1) is 16.0. The molecule has 0 bridgehead atoms. The topological polar surface area (TPSA) is 69.6 Å². The van der Waals surface area contributed by atoms with Crippen LogP contribution in [0.5, 0.6) is 0 Å². The van der Waals surface area contributed by atoms with Crippen LogP contribution in [-0.2, 0) is 4.79 Å². The lowest BCUT2D eigenvalue weighted by atomic mass is 9.97. The predicted octanol–water partition coefficient (Wildman–Crippen LogP) is 2.71. The Morgan fingerprint density at radius 3 is 2.26 bits per heavy atom. The van der Waals surface area contributed by atoms with Gasteiger partial charge >= 0.3 is 6.03 Å². The minimum absolute atomic E-state index is 0.00738. The number of benzene rings is 1. The second kappa shape index (κ2) is 5.96. The van der Waals surface area contributed by atoms with E-state index in [1.54, 1.807) is 0 Å². The molecule has 1 aromatic rings. The third-order valence-corrected chi connectivity index (χ3v) is 5.05. The van der Waals surface area contributed by atoms with E-state index in [0.29, 0.717) is 18.8 Å². The molecule has 3 rings (SSSR count). The number of carbonyl (C=O) groups excluding carboxylic acids is 2. The fraction of sp³-hybridized carbons (Fsp3) is 0.556. The number of hydrogen-bond donors (Lipinski definition) is 2. The molecular weight excluding hydrogens is 292 g/mol. The van der Waals surface area contributed by atoms with Gasteiger partial charge in [-0.2, -0.15) is 0 Å². The molecule has 1 spiro atoms. The Morgan fingerprint density at radius 1 is 1.13 bits per heavy atom. The summed E-state index contributed by atoms with van der Waals surface area (Å²) in [4.78, 5) is 25.9. The van der Waals surface area contributed by atoms with Crippen LogP contribution in [0.25, 0.3) is 0 Å². The van der Waals surface area contributed by atoms with Crippen molar-refractivity contribution in [3.05, 3.63) is 35.4 Å². The van der Waals surface area contributed by atoms with Gasteiger partial charge in [-0.3, -0.25) is 9.69 Å². The fourth-order valence-corrected chi connectivity index (χ4v) is 3.54. The van der Waals surface area contributed by atoms with Crippen molar-refractivity contribution in [2.75, 3.05) is 6.54 Å².